The average Bonchev–Trinajstić information content (AvgIpc) is 2.29. The molecule has 0 fully saturated rings. The van der Waals surface area contributed by atoms with Gasteiger partial charge in [-0.1, -0.05) is 0 Å². The molecule has 0 unspecified atom stereocenters. The number of carbonyl (C=O) groups is 2. The Balaban J connectivity index is 3.08. The summed E-state index contributed by atoms with van der Waals surface area (Å²) in [6, 6.07) is 4.69. The highest BCUT2D eigenvalue weighted by Gasteiger charge is 2.14. The van der Waals surface area contributed by atoms with Gasteiger partial charge in [0.15, 0.2) is 17.3 Å². The minimum atomic E-state index is -0.527. The first-order chi connectivity index (χ1) is 7.60. The summed E-state index contributed by atoms with van der Waals surface area (Å²) >= 11 is 0. The molecule has 0 aromatic heterocycles. The zero-order chi connectivity index (χ0) is 12.1. The molecule has 0 amide bonds. The highest BCUT2D eigenvalue weighted by Crippen LogP contribution is 2.28. The van der Waals surface area contributed by atoms with Crippen LogP contribution in [0.5, 0.6) is 11.5 Å². The van der Waals surface area contributed by atoms with Gasteiger partial charge in [0.1, 0.15) is 0 Å². The van der Waals surface area contributed by atoms with Crippen molar-refractivity contribution in [2.24, 2.45) is 0 Å². The normalized spacial score (nSPS) is 9.69. The summed E-state index contributed by atoms with van der Waals surface area (Å²) in [5.41, 5.74) is 0.313. The van der Waals surface area contributed by atoms with Gasteiger partial charge in [0, 0.05) is 12.5 Å². The van der Waals surface area contributed by atoms with Crippen LogP contribution < -0.4 is 9.47 Å². The van der Waals surface area contributed by atoms with E-state index in [4.69, 9.17) is 9.47 Å². The number of carbonyl (C=O) groups excluding carboxylic acids is 2. The van der Waals surface area contributed by atoms with E-state index in [1.807, 2.05) is 6.92 Å². The zero-order valence-corrected chi connectivity index (χ0v) is 9.57. The quantitative estimate of drug-likeness (QED) is 0.563. The molecule has 4 heteroatoms. The van der Waals surface area contributed by atoms with Gasteiger partial charge in [-0.3, -0.25) is 9.59 Å². The van der Waals surface area contributed by atoms with Crippen molar-refractivity contribution in [3.8, 4) is 11.5 Å². The van der Waals surface area contributed by atoms with E-state index in [0.717, 1.165) is 0 Å². The van der Waals surface area contributed by atoms with Crippen molar-refractivity contribution in [2.75, 3.05) is 13.7 Å². The van der Waals surface area contributed by atoms with Crippen molar-refractivity contribution >= 4 is 11.6 Å². The smallest absolute Gasteiger partial charge is 0.228 e. The van der Waals surface area contributed by atoms with E-state index < -0.39 is 11.6 Å². The second kappa shape index (κ2) is 5.30. The SMILES string of the molecule is CCOc1ccc(C(=O)C(C)=O)cc1OC. The summed E-state index contributed by atoms with van der Waals surface area (Å²) < 4.78 is 10.4. The Hall–Kier alpha value is -1.84. The lowest BCUT2D eigenvalue weighted by Crippen LogP contribution is -2.10. The Morgan fingerprint density at radius 2 is 1.94 bits per heavy atom. The fourth-order valence-electron chi connectivity index (χ4n) is 1.29. The molecule has 0 aliphatic rings. The lowest BCUT2D eigenvalue weighted by Gasteiger charge is -2.09. The number of hydrogen-bond donors (Lipinski definition) is 0. The van der Waals surface area contributed by atoms with Crippen molar-refractivity contribution in [3.63, 3.8) is 0 Å². The minimum absolute atomic E-state index is 0.313. The summed E-state index contributed by atoms with van der Waals surface area (Å²) in [6.07, 6.45) is 0. The third kappa shape index (κ3) is 2.59. The number of ether oxygens (including phenoxy) is 2. The summed E-state index contributed by atoms with van der Waals surface area (Å²) in [4.78, 5) is 22.4. The van der Waals surface area contributed by atoms with Crippen LogP contribution in [0.4, 0.5) is 0 Å². The Kier molecular flexibility index (Phi) is 4.05. The van der Waals surface area contributed by atoms with Gasteiger partial charge in [0.05, 0.1) is 13.7 Å². The molecule has 0 bridgehead atoms. The predicted octanol–water partition coefficient (Wildman–Crippen LogP) is 1.87. The molecular weight excluding hydrogens is 208 g/mol. The van der Waals surface area contributed by atoms with Crippen molar-refractivity contribution < 1.29 is 19.1 Å². The fourth-order valence-corrected chi connectivity index (χ4v) is 1.29. The molecule has 1 aromatic rings. The number of hydrogen-bond acceptors (Lipinski definition) is 4. The lowest BCUT2D eigenvalue weighted by molar-refractivity contribution is -0.113. The minimum Gasteiger partial charge on any atom is -0.493 e. The second-order valence-electron chi connectivity index (χ2n) is 3.18. The van der Waals surface area contributed by atoms with E-state index in [1.165, 1.54) is 20.1 Å². The van der Waals surface area contributed by atoms with E-state index in [9.17, 15) is 9.59 Å². The Labute approximate surface area is 94.2 Å². The highest BCUT2D eigenvalue weighted by atomic mass is 16.5. The van der Waals surface area contributed by atoms with Crippen LogP contribution in [0.1, 0.15) is 24.2 Å². The van der Waals surface area contributed by atoms with E-state index in [-0.39, 0.29) is 0 Å². The Morgan fingerprint density at radius 3 is 2.44 bits per heavy atom. The summed E-state index contributed by atoms with van der Waals surface area (Å²) in [6.45, 7) is 3.61. The standard InChI is InChI=1S/C12H14O4/c1-4-16-10-6-5-9(7-11(10)15-3)12(14)8(2)13/h5-7H,4H2,1-3H3. The van der Waals surface area contributed by atoms with Crippen LogP contribution in [0.3, 0.4) is 0 Å². The van der Waals surface area contributed by atoms with Crippen LogP contribution >= 0.6 is 0 Å². The maximum Gasteiger partial charge on any atom is 0.228 e. The number of methoxy groups -OCH3 is 1. The van der Waals surface area contributed by atoms with Crippen LogP contribution in [-0.4, -0.2) is 25.3 Å². The monoisotopic (exact) mass is 222 g/mol. The summed E-state index contributed by atoms with van der Waals surface area (Å²) in [7, 11) is 1.49. The first kappa shape index (κ1) is 12.2. The molecule has 4 nitrogen and oxygen atoms in total. The van der Waals surface area contributed by atoms with Crippen molar-refractivity contribution in [3.05, 3.63) is 23.8 Å². The van der Waals surface area contributed by atoms with Crippen LogP contribution in [0.15, 0.2) is 18.2 Å². The topological polar surface area (TPSA) is 52.6 Å². The lowest BCUT2D eigenvalue weighted by atomic mass is 10.1. The molecular formula is C12H14O4. The van der Waals surface area contributed by atoms with Crippen LogP contribution in [0, 0.1) is 0 Å². The third-order valence-corrected chi connectivity index (χ3v) is 2.05. The van der Waals surface area contributed by atoms with Gasteiger partial charge in [-0.25, -0.2) is 0 Å². The van der Waals surface area contributed by atoms with Gasteiger partial charge in [0.2, 0.25) is 5.78 Å². The zero-order valence-electron chi connectivity index (χ0n) is 9.57. The van der Waals surface area contributed by atoms with Crippen molar-refractivity contribution in [1.82, 2.24) is 0 Å². The number of ketones is 2. The number of rotatable bonds is 5. The molecule has 0 saturated heterocycles. The maximum absolute atomic E-state index is 11.4. The second-order valence-corrected chi connectivity index (χ2v) is 3.18. The molecule has 0 atom stereocenters. The van der Waals surface area contributed by atoms with Gasteiger partial charge in [0.25, 0.3) is 0 Å². The fraction of sp³-hybridized carbons (Fsp3) is 0.333. The summed E-state index contributed by atoms with van der Waals surface area (Å²) in [5, 5.41) is 0. The molecule has 0 N–H and O–H groups in total. The first-order valence-electron chi connectivity index (χ1n) is 4.96. The van der Waals surface area contributed by atoms with Crippen molar-refractivity contribution in [2.45, 2.75) is 13.8 Å². The largest absolute Gasteiger partial charge is 0.493 e. The molecule has 1 rings (SSSR count). The molecule has 86 valence electrons. The molecule has 0 aliphatic carbocycles. The molecule has 16 heavy (non-hydrogen) atoms. The van der Waals surface area contributed by atoms with Crippen LogP contribution in [-0.2, 0) is 4.79 Å². The van der Waals surface area contributed by atoms with Gasteiger partial charge in [-0.05, 0) is 25.1 Å². The number of Topliss-reactive ketones (excluding diaryl/α,β-unsaturated/α-hetero) is 2. The molecule has 1 aromatic carbocycles. The van der Waals surface area contributed by atoms with Crippen LogP contribution in [0.25, 0.3) is 0 Å². The molecule has 0 aliphatic heterocycles. The summed E-state index contributed by atoms with van der Waals surface area (Å²) in [5.74, 6) is -0.00777. The number of benzene rings is 1. The molecule has 0 spiro atoms. The van der Waals surface area contributed by atoms with E-state index >= 15 is 0 Å². The van der Waals surface area contributed by atoms with Gasteiger partial charge in [-0.2, -0.15) is 0 Å². The third-order valence-electron chi connectivity index (χ3n) is 2.05. The first-order valence-corrected chi connectivity index (χ1v) is 4.96. The maximum atomic E-state index is 11.4. The Bertz CT molecular complexity index is 409. The van der Waals surface area contributed by atoms with E-state index in [0.29, 0.717) is 23.7 Å². The Morgan fingerprint density at radius 1 is 1.25 bits per heavy atom. The predicted molar refractivity (Wildman–Crippen MR) is 59.2 cm³/mol. The van der Waals surface area contributed by atoms with Crippen LogP contribution in [0.2, 0.25) is 0 Å². The molecule has 0 saturated carbocycles. The van der Waals surface area contributed by atoms with Crippen molar-refractivity contribution in [1.29, 1.82) is 0 Å². The van der Waals surface area contributed by atoms with E-state index in [1.54, 1.807) is 12.1 Å². The highest BCUT2D eigenvalue weighted by molar-refractivity contribution is 6.42. The van der Waals surface area contributed by atoms with Gasteiger partial charge >= 0.3 is 0 Å². The van der Waals surface area contributed by atoms with E-state index in [2.05, 4.69) is 0 Å². The van der Waals surface area contributed by atoms with Gasteiger partial charge < -0.3 is 9.47 Å². The average molecular weight is 222 g/mol. The van der Waals surface area contributed by atoms with Gasteiger partial charge in [-0.15, -0.1) is 0 Å². The molecule has 0 heterocycles. The molecule has 0 radical (unpaired) electrons.